The summed E-state index contributed by atoms with van der Waals surface area (Å²) in [4.78, 5) is 26.4. The highest BCUT2D eigenvalue weighted by molar-refractivity contribution is 5.84. The number of rotatable bonds is 5. The molecular formula is C18H26N2O3. The number of amides is 2. The van der Waals surface area contributed by atoms with E-state index < -0.39 is 0 Å². The van der Waals surface area contributed by atoms with Crippen LogP contribution in [-0.2, 0) is 9.59 Å². The minimum Gasteiger partial charge on any atom is -0.497 e. The molecule has 0 saturated carbocycles. The molecule has 23 heavy (non-hydrogen) atoms. The fourth-order valence-electron chi connectivity index (χ4n) is 3.01. The van der Waals surface area contributed by atoms with Crippen molar-refractivity contribution in [2.75, 3.05) is 20.7 Å². The first-order chi connectivity index (χ1) is 10.9. The first-order valence-corrected chi connectivity index (χ1v) is 8.11. The van der Waals surface area contributed by atoms with Crippen LogP contribution in [0.15, 0.2) is 24.3 Å². The van der Waals surface area contributed by atoms with E-state index >= 15 is 0 Å². The second-order valence-corrected chi connectivity index (χ2v) is 6.51. The lowest BCUT2D eigenvalue weighted by atomic mass is 9.84. The summed E-state index contributed by atoms with van der Waals surface area (Å²) in [7, 11) is 3.40. The van der Waals surface area contributed by atoms with E-state index in [4.69, 9.17) is 4.74 Å². The summed E-state index contributed by atoms with van der Waals surface area (Å²) in [5.41, 5.74) is 0.964. The number of nitrogens with zero attached hydrogens (tertiary/aromatic N) is 1. The lowest BCUT2D eigenvalue weighted by molar-refractivity contribution is -0.141. The molecule has 1 aromatic carbocycles. The van der Waals surface area contributed by atoms with Gasteiger partial charge in [-0.05, 0) is 30.0 Å². The van der Waals surface area contributed by atoms with Gasteiger partial charge in [0.15, 0.2) is 0 Å². The van der Waals surface area contributed by atoms with Gasteiger partial charge in [0.2, 0.25) is 11.8 Å². The van der Waals surface area contributed by atoms with Gasteiger partial charge in [0, 0.05) is 20.0 Å². The molecule has 1 aromatic rings. The molecule has 1 fully saturated rings. The molecule has 0 aliphatic carbocycles. The monoisotopic (exact) mass is 318 g/mol. The molecule has 126 valence electrons. The van der Waals surface area contributed by atoms with Crippen molar-refractivity contribution in [2.45, 2.75) is 32.7 Å². The zero-order chi connectivity index (χ0) is 17.0. The third-order valence-electron chi connectivity index (χ3n) is 4.34. The average Bonchev–Trinajstić information content (AvgIpc) is 2.55. The lowest BCUT2D eigenvalue weighted by Gasteiger charge is -2.38. The Morgan fingerprint density at radius 3 is 2.57 bits per heavy atom. The van der Waals surface area contributed by atoms with Crippen molar-refractivity contribution < 1.29 is 14.3 Å². The van der Waals surface area contributed by atoms with Crippen LogP contribution in [0.1, 0.15) is 38.3 Å². The number of ether oxygens (including phenoxy) is 1. The standard InChI is InChI=1S/C18H26N2O3/c1-12(2)11-19-18(22)15-9-10-16(21)20(3)17(15)13-5-7-14(23-4)8-6-13/h5-8,12,15,17H,9-11H2,1-4H3,(H,19,22)/t15-,17-/m0/s1. The van der Waals surface area contributed by atoms with Gasteiger partial charge in [-0.3, -0.25) is 9.59 Å². The van der Waals surface area contributed by atoms with Crippen LogP contribution in [0.4, 0.5) is 0 Å². The van der Waals surface area contributed by atoms with E-state index in [0.717, 1.165) is 11.3 Å². The largest absolute Gasteiger partial charge is 0.497 e. The summed E-state index contributed by atoms with van der Waals surface area (Å²) < 4.78 is 5.18. The molecule has 0 radical (unpaired) electrons. The minimum absolute atomic E-state index is 0.0267. The van der Waals surface area contributed by atoms with Crippen LogP contribution >= 0.6 is 0 Å². The number of likely N-dealkylation sites (tertiary alicyclic amines) is 1. The highest BCUT2D eigenvalue weighted by Gasteiger charge is 2.38. The van der Waals surface area contributed by atoms with Crippen LogP contribution in [-0.4, -0.2) is 37.4 Å². The van der Waals surface area contributed by atoms with Gasteiger partial charge in [0.1, 0.15) is 5.75 Å². The predicted molar refractivity (Wildman–Crippen MR) is 89.1 cm³/mol. The normalized spacial score (nSPS) is 21.4. The zero-order valence-corrected chi connectivity index (χ0v) is 14.3. The summed E-state index contributed by atoms with van der Waals surface area (Å²) in [5.74, 6) is 1.06. The van der Waals surface area contributed by atoms with Crippen molar-refractivity contribution in [3.8, 4) is 5.75 Å². The molecular weight excluding hydrogens is 292 g/mol. The third kappa shape index (κ3) is 4.03. The molecule has 0 aromatic heterocycles. The first kappa shape index (κ1) is 17.3. The van der Waals surface area contributed by atoms with E-state index in [9.17, 15) is 9.59 Å². The highest BCUT2D eigenvalue weighted by atomic mass is 16.5. The summed E-state index contributed by atoms with van der Waals surface area (Å²) >= 11 is 0. The molecule has 1 aliphatic rings. The van der Waals surface area contributed by atoms with Gasteiger partial charge in [-0.2, -0.15) is 0 Å². The SMILES string of the molecule is COc1ccc([C@H]2[C@@H](C(=O)NCC(C)C)CCC(=O)N2C)cc1. The van der Waals surface area contributed by atoms with Gasteiger partial charge >= 0.3 is 0 Å². The Labute approximate surface area is 138 Å². The third-order valence-corrected chi connectivity index (χ3v) is 4.34. The summed E-state index contributed by atoms with van der Waals surface area (Å²) in [5, 5.41) is 3.01. The van der Waals surface area contributed by atoms with Crippen molar-refractivity contribution >= 4 is 11.8 Å². The van der Waals surface area contributed by atoms with E-state index in [1.165, 1.54) is 0 Å². The number of hydrogen-bond donors (Lipinski definition) is 1. The molecule has 2 atom stereocenters. The molecule has 2 amide bonds. The summed E-state index contributed by atoms with van der Waals surface area (Å²) in [6, 6.07) is 7.37. The van der Waals surface area contributed by atoms with Gasteiger partial charge in [0.25, 0.3) is 0 Å². The van der Waals surface area contributed by atoms with E-state index in [2.05, 4.69) is 19.2 Å². The van der Waals surface area contributed by atoms with Crippen LogP contribution in [0, 0.1) is 11.8 Å². The second kappa shape index (κ2) is 7.49. The Kier molecular flexibility index (Phi) is 5.64. The Morgan fingerprint density at radius 2 is 2.00 bits per heavy atom. The Morgan fingerprint density at radius 1 is 1.35 bits per heavy atom. The molecule has 5 heteroatoms. The molecule has 1 N–H and O–H groups in total. The van der Waals surface area contributed by atoms with E-state index in [0.29, 0.717) is 25.3 Å². The van der Waals surface area contributed by atoms with E-state index in [1.807, 2.05) is 24.3 Å². The molecule has 0 unspecified atom stereocenters. The van der Waals surface area contributed by atoms with Crippen LogP contribution in [0.2, 0.25) is 0 Å². The predicted octanol–water partition coefficient (Wildman–Crippen LogP) is 2.38. The molecule has 0 bridgehead atoms. The number of hydrogen-bond acceptors (Lipinski definition) is 3. The lowest BCUT2D eigenvalue weighted by Crippen LogP contribution is -2.46. The second-order valence-electron chi connectivity index (χ2n) is 6.51. The fourth-order valence-corrected chi connectivity index (χ4v) is 3.01. The smallest absolute Gasteiger partial charge is 0.225 e. The Bertz CT molecular complexity index is 554. The average molecular weight is 318 g/mol. The number of nitrogens with one attached hydrogen (secondary N) is 1. The van der Waals surface area contributed by atoms with E-state index in [1.54, 1.807) is 19.1 Å². The van der Waals surface area contributed by atoms with Gasteiger partial charge in [-0.25, -0.2) is 0 Å². The van der Waals surface area contributed by atoms with Crippen molar-refractivity contribution in [1.29, 1.82) is 0 Å². The van der Waals surface area contributed by atoms with Crippen molar-refractivity contribution in [2.24, 2.45) is 11.8 Å². The van der Waals surface area contributed by atoms with Crippen LogP contribution in [0.5, 0.6) is 5.75 Å². The maximum atomic E-state index is 12.6. The molecule has 1 aliphatic heterocycles. The molecule has 2 rings (SSSR count). The van der Waals surface area contributed by atoms with Crippen molar-refractivity contribution in [1.82, 2.24) is 10.2 Å². The van der Waals surface area contributed by atoms with Gasteiger partial charge in [0.05, 0.1) is 19.1 Å². The van der Waals surface area contributed by atoms with Crippen LogP contribution < -0.4 is 10.1 Å². The number of carbonyl (C=O) groups excluding carboxylic acids is 2. The molecule has 0 spiro atoms. The molecule has 1 heterocycles. The highest BCUT2D eigenvalue weighted by Crippen LogP contribution is 2.36. The van der Waals surface area contributed by atoms with Gasteiger partial charge in [-0.1, -0.05) is 26.0 Å². The minimum atomic E-state index is -0.227. The van der Waals surface area contributed by atoms with E-state index in [-0.39, 0.29) is 23.8 Å². The number of benzene rings is 1. The van der Waals surface area contributed by atoms with Gasteiger partial charge < -0.3 is 15.0 Å². The van der Waals surface area contributed by atoms with Crippen LogP contribution in [0.25, 0.3) is 0 Å². The van der Waals surface area contributed by atoms with Crippen molar-refractivity contribution in [3.63, 3.8) is 0 Å². The molecule has 5 nitrogen and oxygen atoms in total. The van der Waals surface area contributed by atoms with Crippen molar-refractivity contribution in [3.05, 3.63) is 29.8 Å². The number of methoxy groups -OCH3 is 1. The fraction of sp³-hybridized carbons (Fsp3) is 0.556. The topological polar surface area (TPSA) is 58.6 Å². The Balaban J connectivity index is 2.23. The maximum Gasteiger partial charge on any atom is 0.225 e. The Hall–Kier alpha value is -2.04. The number of carbonyl (C=O) groups is 2. The summed E-state index contributed by atoms with van der Waals surface area (Å²) in [6.45, 7) is 4.79. The molecule has 1 saturated heterocycles. The van der Waals surface area contributed by atoms with Crippen LogP contribution in [0.3, 0.4) is 0 Å². The maximum absolute atomic E-state index is 12.6. The van der Waals surface area contributed by atoms with Gasteiger partial charge in [-0.15, -0.1) is 0 Å². The zero-order valence-electron chi connectivity index (χ0n) is 14.3. The quantitative estimate of drug-likeness (QED) is 0.907. The summed E-state index contributed by atoms with van der Waals surface area (Å²) in [6.07, 6.45) is 1.01. The first-order valence-electron chi connectivity index (χ1n) is 8.11. The number of piperidine rings is 1.